The number of amides is 2. The van der Waals surface area contributed by atoms with Gasteiger partial charge in [-0.2, -0.15) is 0 Å². The molecule has 0 radical (unpaired) electrons. The summed E-state index contributed by atoms with van der Waals surface area (Å²) in [6, 6.07) is -0.0671. The van der Waals surface area contributed by atoms with Gasteiger partial charge in [-0.25, -0.2) is 9.59 Å². The van der Waals surface area contributed by atoms with E-state index in [9.17, 15) is 9.59 Å². The number of carbonyl (C=O) groups excluding carboxylic acids is 2. The minimum absolute atomic E-state index is 0.173. The Morgan fingerprint density at radius 2 is 2.15 bits per heavy atom. The summed E-state index contributed by atoms with van der Waals surface area (Å²) in [7, 11) is 0. The van der Waals surface area contributed by atoms with E-state index in [0.717, 1.165) is 12.0 Å². The first kappa shape index (κ1) is 14.8. The fraction of sp³-hybridized carbons (Fsp3) is 0.571. The molecule has 1 aromatic rings. The number of aryl methyl sites for hydroxylation is 1. The smallest absolute Gasteiger partial charge is 0.341 e. The van der Waals surface area contributed by atoms with E-state index in [1.54, 1.807) is 6.92 Å². The van der Waals surface area contributed by atoms with Gasteiger partial charge in [0.2, 0.25) is 0 Å². The van der Waals surface area contributed by atoms with Crippen LogP contribution in [0.2, 0.25) is 0 Å². The second-order valence-corrected chi connectivity index (χ2v) is 6.57. The lowest BCUT2D eigenvalue weighted by atomic mass is 10.2. The molecule has 1 unspecified atom stereocenters. The molecule has 0 bridgehead atoms. The highest BCUT2D eigenvalue weighted by Crippen LogP contribution is 2.44. The van der Waals surface area contributed by atoms with E-state index in [1.807, 2.05) is 12.3 Å². The number of esters is 1. The lowest BCUT2D eigenvalue weighted by Gasteiger charge is -2.09. The van der Waals surface area contributed by atoms with Crippen molar-refractivity contribution in [3.63, 3.8) is 0 Å². The van der Waals surface area contributed by atoms with Gasteiger partial charge in [-0.3, -0.25) is 5.32 Å². The second-order valence-electron chi connectivity index (χ2n) is 5.69. The Morgan fingerprint density at radius 3 is 2.70 bits per heavy atom. The van der Waals surface area contributed by atoms with Gasteiger partial charge in [-0.1, -0.05) is 13.8 Å². The van der Waals surface area contributed by atoms with Crippen LogP contribution in [0.25, 0.3) is 0 Å². The molecular weight excluding hydrogens is 276 g/mol. The standard InChI is InChI=1S/C14H20N2O3S/c1-5-19-12(17)10-8(2)7-20-11(10)16-13(18)15-9-6-14(9,3)4/h7,9H,5-6H2,1-4H3,(H2,15,16,18). The summed E-state index contributed by atoms with van der Waals surface area (Å²) in [5.41, 5.74) is 1.43. The van der Waals surface area contributed by atoms with E-state index in [-0.39, 0.29) is 17.5 Å². The molecule has 1 heterocycles. The molecule has 1 aliphatic carbocycles. The molecule has 20 heavy (non-hydrogen) atoms. The van der Waals surface area contributed by atoms with E-state index in [1.165, 1.54) is 11.3 Å². The number of anilines is 1. The maximum Gasteiger partial charge on any atom is 0.341 e. The van der Waals surface area contributed by atoms with Gasteiger partial charge in [0.15, 0.2) is 0 Å². The Kier molecular flexibility index (Phi) is 4.04. The van der Waals surface area contributed by atoms with Crippen molar-refractivity contribution in [1.29, 1.82) is 0 Å². The average Bonchev–Trinajstić information content (AvgIpc) is 2.77. The Bertz CT molecular complexity index is 537. The lowest BCUT2D eigenvalue weighted by molar-refractivity contribution is 0.0527. The van der Waals surface area contributed by atoms with Gasteiger partial charge in [0, 0.05) is 6.04 Å². The van der Waals surface area contributed by atoms with E-state index < -0.39 is 5.97 Å². The van der Waals surface area contributed by atoms with Crippen molar-refractivity contribution in [2.45, 2.75) is 40.2 Å². The third kappa shape index (κ3) is 3.12. The summed E-state index contributed by atoms with van der Waals surface area (Å²) in [4.78, 5) is 23.8. The Labute approximate surface area is 122 Å². The molecule has 0 spiro atoms. The predicted molar refractivity (Wildman–Crippen MR) is 79.4 cm³/mol. The molecule has 5 nitrogen and oxygen atoms in total. The van der Waals surface area contributed by atoms with Crippen LogP contribution >= 0.6 is 11.3 Å². The van der Waals surface area contributed by atoms with Gasteiger partial charge in [0.1, 0.15) is 5.00 Å². The number of hydrogen-bond donors (Lipinski definition) is 2. The van der Waals surface area contributed by atoms with Crippen LogP contribution in [0.15, 0.2) is 5.38 Å². The van der Waals surface area contributed by atoms with Crippen LogP contribution in [0, 0.1) is 12.3 Å². The summed E-state index contributed by atoms with van der Waals surface area (Å²) in [5.74, 6) is -0.395. The SMILES string of the molecule is CCOC(=O)c1c(C)csc1NC(=O)NC1CC1(C)C. The van der Waals surface area contributed by atoms with Crippen LogP contribution < -0.4 is 10.6 Å². The first-order valence-corrected chi connectivity index (χ1v) is 7.56. The fourth-order valence-corrected chi connectivity index (χ4v) is 2.93. The van der Waals surface area contributed by atoms with Crippen molar-refractivity contribution in [2.24, 2.45) is 5.41 Å². The lowest BCUT2D eigenvalue weighted by Crippen LogP contribution is -2.32. The first-order valence-electron chi connectivity index (χ1n) is 6.68. The van der Waals surface area contributed by atoms with Crippen molar-refractivity contribution in [2.75, 3.05) is 11.9 Å². The number of rotatable bonds is 4. The molecule has 1 aliphatic rings. The quantitative estimate of drug-likeness (QED) is 0.839. The molecule has 2 amide bonds. The predicted octanol–water partition coefficient (Wildman–Crippen LogP) is 3.15. The van der Waals surface area contributed by atoms with Crippen LogP contribution in [0.3, 0.4) is 0 Å². The van der Waals surface area contributed by atoms with E-state index in [2.05, 4.69) is 24.5 Å². The van der Waals surface area contributed by atoms with E-state index in [0.29, 0.717) is 17.2 Å². The molecule has 1 fully saturated rings. The average molecular weight is 296 g/mol. The van der Waals surface area contributed by atoms with E-state index >= 15 is 0 Å². The zero-order chi connectivity index (χ0) is 14.9. The molecular formula is C14H20N2O3S. The van der Waals surface area contributed by atoms with Crippen LogP contribution in [0.4, 0.5) is 9.80 Å². The normalized spacial score (nSPS) is 19.3. The Morgan fingerprint density at radius 1 is 1.50 bits per heavy atom. The monoisotopic (exact) mass is 296 g/mol. The first-order chi connectivity index (χ1) is 9.35. The van der Waals surface area contributed by atoms with Gasteiger partial charge in [-0.15, -0.1) is 11.3 Å². The van der Waals surface area contributed by atoms with Gasteiger partial charge in [-0.05, 0) is 36.6 Å². The third-order valence-corrected chi connectivity index (χ3v) is 4.51. The maximum atomic E-state index is 11.9. The number of carbonyl (C=O) groups is 2. The molecule has 1 atom stereocenters. The van der Waals surface area contributed by atoms with Crippen LogP contribution in [0.5, 0.6) is 0 Å². The molecule has 2 N–H and O–H groups in total. The van der Waals surface area contributed by atoms with Crippen LogP contribution in [-0.2, 0) is 4.74 Å². The van der Waals surface area contributed by atoms with Crippen LogP contribution in [-0.4, -0.2) is 24.6 Å². The fourth-order valence-electron chi connectivity index (χ4n) is 2.00. The number of ether oxygens (including phenoxy) is 1. The van der Waals surface area contributed by atoms with Gasteiger partial charge in [0.05, 0.1) is 12.2 Å². The third-order valence-electron chi connectivity index (χ3n) is 3.50. The van der Waals surface area contributed by atoms with Crippen molar-refractivity contribution in [3.05, 3.63) is 16.5 Å². The minimum atomic E-state index is -0.395. The van der Waals surface area contributed by atoms with Gasteiger partial charge < -0.3 is 10.1 Å². The molecule has 1 aromatic heterocycles. The van der Waals surface area contributed by atoms with Crippen molar-refractivity contribution in [3.8, 4) is 0 Å². The van der Waals surface area contributed by atoms with Crippen molar-refractivity contribution >= 4 is 28.3 Å². The summed E-state index contributed by atoms with van der Waals surface area (Å²) >= 11 is 1.33. The highest BCUT2D eigenvalue weighted by Gasteiger charge is 2.46. The summed E-state index contributed by atoms with van der Waals surface area (Å²) < 4.78 is 5.01. The molecule has 6 heteroatoms. The molecule has 0 aromatic carbocycles. The zero-order valence-corrected chi connectivity index (χ0v) is 13.0. The van der Waals surface area contributed by atoms with Crippen molar-refractivity contribution < 1.29 is 14.3 Å². The number of nitrogens with one attached hydrogen (secondary N) is 2. The second kappa shape index (κ2) is 5.44. The Balaban J connectivity index is 2.02. The highest BCUT2D eigenvalue weighted by molar-refractivity contribution is 7.15. The summed E-state index contributed by atoms with van der Waals surface area (Å²) in [5, 5.41) is 8.03. The largest absolute Gasteiger partial charge is 0.462 e. The van der Waals surface area contributed by atoms with Crippen molar-refractivity contribution in [1.82, 2.24) is 5.32 Å². The topological polar surface area (TPSA) is 67.4 Å². The van der Waals surface area contributed by atoms with Gasteiger partial charge in [0.25, 0.3) is 0 Å². The van der Waals surface area contributed by atoms with Crippen LogP contribution in [0.1, 0.15) is 43.1 Å². The Hall–Kier alpha value is -1.56. The summed E-state index contributed by atoms with van der Waals surface area (Å²) in [6.07, 6.45) is 0.981. The zero-order valence-electron chi connectivity index (χ0n) is 12.2. The molecule has 0 aliphatic heterocycles. The maximum absolute atomic E-state index is 11.9. The molecule has 110 valence electrons. The summed E-state index contributed by atoms with van der Waals surface area (Å²) in [6.45, 7) is 8.12. The van der Waals surface area contributed by atoms with Gasteiger partial charge >= 0.3 is 12.0 Å². The molecule has 2 rings (SSSR count). The highest BCUT2D eigenvalue weighted by atomic mass is 32.1. The number of thiophene rings is 1. The van der Waals surface area contributed by atoms with E-state index in [4.69, 9.17) is 4.74 Å². The number of urea groups is 1. The molecule has 0 saturated heterocycles. The number of hydrogen-bond acceptors (Lipinski definition) is 4. The molecule has 1 saturated carbocycles. The minimum Gasteiger partial charge on any atom is -0.462 e.